The first-order valence-corrected chi connectivity index (χ1v) is 8.67. The lowest BCUT2D eigenvalue weighted by molar-refractivity contribution is 0.0357. The van der Waals surface area contributed by atoms with Crippen molar-refractivity contribution < 1.29 is 0 Å². The highest BCUT2D eigenvalue weighted by Gasteiger charge is 2.36. The number of likely N-dealkylation sites (N-methyl/N-ethyl adjacent to an activating group) is 1. The Bertz CT molecular complexity index is 284. The average molecular weight is 281 g/mol. The third-order valence-electron chi connectivity index (χ3n) is 5.31. The summed E-state index contributed by atoms with van der Waals surface area (Å²) in [5.74, 6) is 0. The normalized spacial score (nSPS) is 28.9. The highest BCUT2D eigenvalue weighted by molar-refractivity contribution is 4.91. The predicted octanol–water partition coefficient (Wildman–Crippen LogP) is 2.57. The zero-order valence-electron chi connectivity index (χ0n) is 14.1. The van der Waals surface area contributed by atoms with Crippen molar-refractivity contribution in [3.8, 4) is 0 Å². The molecule has 3 heteroatoms. The first kappa shape index (κ1) is 16.3. The van der Waals surface area contributed by atoms with Crippen molar-refractivity contribution in [1.82, 2.24) is 15.1 Å². The van der Waals surface area contributed by atoms with Crippen molar-refractivity contribution >= 4 is 0 Å². The molecule has 0 aromatic rings. The summed E-state index contributed by atoms with van der Waals surface area (Å²) in [6.07, 6.45) is 7.16. The molecule has 3 nitrogen and oxygen atoms in total. The molecule has 1 aliphatic heterocycles. The van der Waals surface area contributed by atoms with E-state index < -0.39 is 0 Å². The van der Waals surface area contributed by atoms with E-state index in [1.807, 2.05) is 0 Å². The van der Waals surface area contributed by atoms with Gasteiger partial charge in [-0.1, -0.05) is 33.1 Å². The molecule has 0 aromatic heterocycles. The summed E-state index contributed by atoms with van der Waals surface area (Å²) >= 11 is 0. The van der Waals surface area contributed by atoms with Gasteiger partial charge in [0.2, 0.25) is 0 Å². The standard InChI is InChI=1S/C17H35N3/c1-15(2)18-13-17(8-6-5-7-9-17)14-20-11-10-19(4)12-16(20)3/h15-16,18H,5-14H2,1-4H3. The quantitative estimate of drug-likeness (QED) is 0.835. The molecule has 0 aromatic carbocycles. The van der Waals surface area contributed by atoms with E-state index >= 15 is 0 Å². The molecule has 1 saturated carbocycles. The lowest BCUT2D eigenvalue weighted by Crippen LogP contribution is -2.55. The van der Waals surface area contributed by atoms with Crippen molar-refractivity contribution in [2.45, 2.75) is 65.0 Å². The molecule has 0 spiro atoms. The molecule has 2 fully saturated rings. The lowest BCUT2D eigenvalue weighted by Gasteiger charge is -2.46. The SMILES string of the molecule is CC(C)NCC1(CN2CCN(C)CC2C)CCCCC1. The smallest absolute Gasteiger partial charge is 0.0195 e. The second-order valence-electron chi connectivity index (χ2n) is 7.68. The molecule has 1 aliphatic carbocycles. The van der Waals surface area contributed by atoms with E-state index in [-0.39, 0.29) is 0 Å². The summed E-state index contributed by atoms with van der Waals surface area (Å²) in [6.45, 7) is 13.2. The van der Waals surface area contributed by atoms with Gasteiger partial charge in [-0.2, -0.15) is 0 Å². The molecule has 2 rings (SSSR count). The van der Waals surface area contributed by atoms with Crippen LogP contribution in [0, 0.1) is 5.41 Å². The van der Waals surface area contributed by atoms with Gasteiger partial charge >= 0.3 is 0 Å². The van der Waals surface area contributed by atoms with Crippen LogP contribution in [-0.2, 0) is 0 Å². The van der Waals surface area contributed by atoms with Gasteiger partial charge in [-0.15, -0.1) is 0 Å². The van der Waals surface area contributed by atoms with Gasteiger partial charge < -0.3 is 10.2 Å². The molecule has 20 heavy (non-hydrogen) atoms. The van der Waals surface area contributed by atoms with Gasteiger partial charge in [0.15, 0.2) is 0 Å². The summed E-state index contributed by atoms with van der Waals surface area (Å²) in [4.78, 5) is 5.23. The van der Waals surface area contributed by atoms with E-state index in [1.54, 1.807) is 0 Å². The van der Waals surface area contributed by atoms with Crippen molar-refractivity contribution in [3.63, 3.8) is 0 Å². The Hall–Kier alpha value is -0.120. The first-order valence-electron chi connectivity index (χ1n) is 8.67. The fourth-order valence-corrected chi connectivity index (χ4v) is 3.96. The zero-order chi connectivity index (χ0) is 14.6. The van der Waals surface area contributed by atoms with Crippen LogP contribution < -0.4 is 5.32 Å². The maximum atomic E-state index is 3.73. The number of hydrogen-bond acceptors (Lipinski definition) is 3. The Balaban J connectivity index is 1.96. The van der Waals surface area contributed by atoms with E-state index in [0.29, 0.717) is 17.5 Å². The Kier molecular flexibility index (Phi) is 5.88. The van der Waals surface area contributed by atoms with Crippen LogP contribution >= 0.6 is 0 Å². The van der Waals surface area contributed by atoms with E-state index in [0.717, 1.165) is 0 Å². The van der Waals surface area contributed by atoms with Crippen LogP contribution in [0.4, 0.5) is 0 Å². The second-order valence-corrected chi connectivity index (χ2v) is 7.68. The molecule has 0 bridgehead atoms. The van der Waals surface area contributed by atoms with Gasteiger partial charge in [-0.25, -0.2) is 0 Å². The molecule has 2 aliphatic rings. The number of piperazine rings is 1. The largest absolute Gasteiger partial charge is 0.314 e. The highest BCUT2D eigenvalue weighted by atomic mass is 15.3. The monoisotopic (exact) mass is 281 g/mol. The Morgan fingerprint density at radius 3 is 2.45 bits per heavy atom. The maximum absolute atomic E-state index is 3.73. The van der Waals surface area contributed by atoms with Crippen molar-refractivity contribution in [2.24, 2.45) is 5.41 Å². The molecule has 1 heterocycles. The lowest BCUT2D eigenvalue weighted by atomic mass is 9.73. The minimum atomic E-state index is 0.534. The summed E-state index contributed by atoms with van der Waals surface area (Å²) < 4.78 is 0. The third kappa shape index (κ3) is 4.44. The molecular formula is C17H35N3. The van der Waals surface area contributed by atoms with Crippen LogP contribution in [0.2, 0.25) is 0 Å². The molecular weight excluding hydrogens is 246 g/mol. The van der Waals surface area contributed by atoms with Crippen molar-refractivity contribution in [2.75, 3.05) is 39.8 Å². The fraction of sp³-hybridized carbons (Fsp3) is 1.00. The van der Waals surface area contributed by atoms with Gasteiger partial charge in [-0.3, -0.25) is 4.90 Å². The van der Waals surface area contributed by atoms with Crippen LogP contribution in [-0.4, -0.2) is 61.7 Å². The Labute approximate surface area is 126 Å². The van der Waals surface area contributed by atoms with Gasteiger partial charge in [0.1, 0.15) is 0 Å². The molecule has 118 valence electrons. The van der Waals surface area contributed by atoms with E-state index in [1.165, 1.54) is 64.8 Å². The molecule has 1 N–H and O–H groups in total. The maximum Gasteiger partial charge on any atom is 0.0195 e. The molecule has 1 atom stereocenters. The fourth-order valence-electron chi connectivity index (χ4n) is 3.96. The molecule has 0 radical (unpaired) electrons. The summed E-state index contributed by atoms with van der Waals surface area (Å²) in [5.41, 5.74) is 0.534. The van der Waals surface area contributed by atoms with E-state index in [2.05, 4.69) is 42.9 Å². The predicted molar refractivity (Wildman–Crippen MR) is 87.2 cm³/mol. The molecule has 1 unspecified atom stereocenters. The van der Waals surface area contributed by atoms with Crippen molar-refractivity contribution in [3.05, 3.63) is 0 Å². The Morgan fingerprint density at radius 1 is 1.15 bits per heavy atom. The van der Waals surface area contributed by atoms with Crippen LogP contribution in [0.3, 0.4) is 0 Å². The van der Waals surface area contributed by atoms with Crippen LogP contribution in [0.25, 0.3) is 0 Å². The van der Waals surface area contributed by atoms with Crippen LogP contribution in [0.15, 0.2) is 0 Å². The summed E-state index contributed by atoms with van der Waals surface area (Å²) in [7, 11) is 2.25. The summed E-state index contributed by atoms with van der Waals surface area (Å²) in [6, 6.07) is 1.32. The minimum absolute atomic E-state index is 0.534. The average Bonchev–Trinajstić information content (AvgIpc) is 2.41. The second kappa shape index (κ2) is 7.24. The van der Waals surface area contributed by atoms with Gasteiger partial charge in [-0.05, 0) is 32.2 Å². The summed E-state index contributed by atoms with van der Waals surface area (Å²) in [5, 5.41) is 3.73. The van der Waals surface area contributed by atoms with Crippen molar-refractivity contribution in [1.29, 1.82) is 0 Å². The Morgan fingerprint density at radius 2 is 1.85 bits per heavy atom. The number of hydrogen-bond donors (Lipinski definition) is 1. The van der Waals surface area contributed by atoms with E-state index in [4.69, 9.17) is 0 Å². The highest BCUT2D eigenvalue weighted by Crippen LogP contribution is 2.37. The number of rotatable bonds is 5. The number of nitrogens with zero attached hydrogens (tertiary/aromatic N) is 2. The van der Waals surface area contributed by atoms with Crippen LogP contribution in [0.5, 0.6) is 0 Å². The molecule has 1 saturated heterocycles. The third-order valence-corrected chi connectivity index (χ3v) is 5.31. The van der Waals surface area contributed by atoms with Crippen LogP contribution in [0.1, 0.15) is 52.9 Å². The van der Waals surface area contributed by atoms with Gasteiger partial charge in [0, 0.05) is 44.8 Å². The molecule has 0 amide bonds. The van der Waals surface area contributed by atoms with Gasteiger partial charge in [0.05, 0.1) is 0 Å². The topological polar surface area (TPSA) is 18.5 Å². The first-order chi connectivity index (χ1) is 9.51. The number of nitrogens with one attached hydrogen (secondary N) is 1. The van der Waals surface area contributed by atoms with E-state index in [9.17, 15) is 0 Å². The minimum Gasteiger partial charge on any atom is -0.314 e. The zero-order valence-corrected chi connectivity index (χ0v) is 14.1. The van der Waals surface area contributed by atoms with Gasteiger partial charge in [0.25, 0.3) is 0 Å².